The normalized spacial score (nSPS) is 22.1. The number of nitrogens with zero attached hydrogens (tertiary/aromatic N) is 3. The van der Waals surface area contributed by atoms with Crippen LogP contribution in [0.15, 0.2) is 12.4 Å². The van der Waals surface area contributed by atoms with Gasteiger partial charge < -0.3 is 10.1 Å². The third-order valence-electron chi connectivity index (χ3n) is 3.95. The number of nitrogens with one attached hydrogen (secondary N) is 1. The van der Waals surface area contributed by atoms with Crippen LogP contribution >= 0.6 is 11.3 Å². The highest BCUT2D eigenvalue weighted by molar-refractivity contribution is 7.89. The van der Waals surface area contributed by atoms with Gasteiger partial charge in [-0.3, -0.25) is 0 Å². The molecule has 0 radical (unpaired) electrons. The summed E-state index contributed by atoms with van der Waals surface area (Å²) in [7, 11) is -0.160. The van der Waals surface area contributed by atoms with Crippen molar-refractivity contribution in [3.8, 4) is 0 Å². The number of hydrogen-bond donors (Lipinski definition) is 1. The summed E-state index contributed by atoms with van der Waals surface area (Å²) in [6.07, 6.45) is 1.53. The maximum Gasteiger partial charge on any atom is 0.214 e. The zero-order valence-corrected chi connectivity index (χ0v) is 14.9. The number of aromatic nitrogens is 2. The van der Waals surface area contributed by atoms with Gasteiger partial charge in [-0.2, -0.15) is 0 Å². The van der Waals surface area contributed by atoms with Crippen LogP contribution in [0.4, 0.5) is 5.82 Å². The molecule has 2 aromatic heterocycles. The van der Waals surface area contributed by atoms with Crippen LogP contribution in [0.25, 0.3) is 10.2 Å². The van der Waals surface area contributed by atoms with Crippen LogP contribution in [0.2, 0.25) is 0 Å². The monoisotopic (exact) mass is 356 g/mol. The van der Waals surface area contributed by atoms with E-state index in [0.717, 1.165) is 20.9 Å². The second-order valence-corrected chi connectivity index (χ2v) is 9.37. The van der Waals surface area contributed by atoms with Gasteiger partial charge in [-0.05, 0) is 13.0 Å². The van der Waals surface area contributed by atoms with E-state index in [1.165, 1.54) is 10.6 Å². The molecule has 1 aliphatic heterocycles. The van der Waals surface area contributed by atoms with Crippen LogP contribution in [0, 0.1) is 12.8 Å². The van der Waals surface area contributed by atoms with Crippen molar-refractivity contribution in [2.24, 2.45) is 5.92 Å². The molecule has 0 aliphatic carbocycles. The summed E-state index contributed by atoms with van der Waals surface area (Å²) in [5.41, 5.74) is 0. The van der Waals surface area contributed by atoms with E-state index in [2.05, 4.69) is 15.3 Å². The van der Waals surface area contributed by atoms with Gasteiger partial charge in [-0.25, -0.2) is 22.7 Å². The Morgan fingerprint density at radius 1 is 1.39 bits per heavy atom. The number of rotatable bonds is 5. The molecule has 2 atom stereocenters. The minimum atomic E-state index is -3.26. The van der Waals surface area contributed by atoms with Crippen LogP contribution in [-0.4, -0.2) is 61.8 Å². The van der Waals surface area contributed by atoms with Crippen molar-refractivity contribution in [3.05, 3.63) is 17.3 Å². The van der Waals surface area contributed by atoms with E-state index >= 15 is 0 Å². The molecule has 0 spiro atoms. The highest BCUT2D eigenvalue weighted by atomic mass is 32.2. The van der Waals surface area contributed by atoms with Crippen LogP contribution in [0.3, 0.4) is 0 Å². The predicted octanol–water partition coefficient (Wildman–Crippen LogP) is 1.32. The maximum atomic E-state index is 12.1. The molecule has 3 heterocycles. The Balaban J connectivity index is 1.81. The van der Waals surface area contributed by atoms with Gasteiger partial charge in [0, 0.05) is 24.9 Å². The van der Waals surface area contributed by atoms with Crippen molar-refractivity contribution in [3.63, 3.8) is 0 Å². The quantitative estimate of drug-likeness (QED) is 0.870. The van der Waals surface area contributed by atoms with Gasteiger partial charge >= 0.3 is 0 Å². The summed E-state index contributed by atoms with van der Waals surface area (Å²) in [4.78, 5) is 10.7. The first-order chi connectivity index (χ1) is 10.9. The highest BCUT2D eigenvalue weighted by Crippen LogP contribution is 2.29. The third-order valence-corrected chi connectivity index (χ3v) is 6.87. The number of hydrogen-bond acceptors (Lipinski definition) is 7. The lowest BCUT2D eigenvalue weighted by Gasteiger charge is -2.21. The van der Waals surface area contributed by atoms with Gasteiger partial charge in [-0.15, -0.1) is 11.3 Å². The van der Waals surface area contributed by atoms with E-state index in [9.17, 15) is 8.42 Å². The number of ether oxygens (including phenoxy) is 1. The van der Waals surface area contributed by atoms with E-state index in [4.69, 9.17) is 4.74 Å². The van der Waals surface area contributed by atoms with Crippen molar-refractivity contribution in [2.45, 2.75) is 13.0 Å². The molecule has 23 heavy (non-hydrogen) atoms. The molecule has 3 rings (SSSR count). The van der Waals surface area contributed by atoms with Crippen molar-refractivity contribution in [1.29, 1.82) is 0 Å². The Kier molecular flexibility index (Phi) is 4.54. The van der Waals surface area contributed by atoms with Crippen molar-refractivity contribution >= 4 is 37.4 Å². The summed E-state index contributed by atoms with van der Waals surface area (Å²) in [6.45, 7) is 2.94. The van der Waals surface area contributed by atoms with Gasteiger partial charge in [0.1, 0.15) is 17.0 Å². The zero-order chi connectivity index (χ0) is 16.6. The second kappa shape index (κ2) is 6.31. The lowest BCUT2D eigenvalue weighted by molar-refractivity contribution is 0.187. The molecule has 7 nitrogen and oxygen atoms in total. The first-order valence-electron chi connectivity index (χ1n) is 7.32. The molecule has 1 aliphatic rings. The van der Waals surface area contributed by atoms with E-state index in [1.54, 1.807) is 25.4 Å². The number of anilines is 1. The molecule has 0 saturated carbocycles. The molecule has 2 aromatic rings. The molecule has 0 bridgehead atoms. The van der Waals surface area contributed by atoms with E-state index < -0.39 is 10.0 Å². The van der Waals surface area contributed by atoms with Gasteiger partial charge in [0.15, 0.2) is 0 Å². The Bertz CT molecular complexity index is 803. The number of sulfonamides is 1. The summed E-state index contributed by atoms with van der Waals surface area (Å²) in [5.74, 6) is 0.698. The first kappa shape index (κ1) is 16.6. The minimum Gasteiger partial charge on any atom is -0.379 e. The van der Waals surface area contributed by atoms with Crippen LogP contribution in [0.1, 0.15) is 4.88 Å². The molecular weight excluding hydrogens is 336 g/mol. The third kappa shape index (κ3) is 3.47. The number of fused-ring (bicyclic) bond motifs is 1. The average Bonchev–Trinajstić information content (AvgIpc) is 3.05. The Morgan fingerprint density at radius 2 is 2.17 bits per heavy atom. The van der Waals surface area contributed by atoms with E-state index in [0.29, 0.717) is 13.2 Å². The molecule has 2 unspecified atom stereocenters. The van der Waals surface area contributed by atoms with Crippen molar-refractivity contribution < 1.29 is 13.2 Å². The zero-order valence-electron chi connectivity index (χ0n) is 13.3. The second-order valence-electron chi connectivity index (χ2n) is 5.91. The summed E-state index contributed by atoms with van der Waals surface area (Å²) in [5, 5.41) is 4.33. The molecule has 126 valence electrons. The standard InChI is InChI=1S/C14H20N4O3S2/c1-9-4-11-13(15-8-16-14(11)22-9)17-12-6-21-5-10(12)7-23(19,20)18(2)3/h4,8,10,12H,5-7H2,1-3H3,(H,15,16,17). The summed E-state index contributed by atoms with van der Waals surface area (Å²) < 4.78 is 31.0. The number of thiophene rings is 1. The summed E-state index contributed by atoms with van der Waals surface area (Å²) >= 11 is 1.61. The van der Waals surface area contributed by atoms with Crippen LogP contribution < -0.4 is 5.32 Å². The smallest absolute Gasteiger partial charge is 0.214 e. The van der Waals surface area contributed by atoms with Gasteiger partial charge in [0.25, 0.3) is 0 Å². The fourth-order valence-corrected chi connectivity index (χ4v) is 4.62. The lowest BCUT2D eigenvalue weighted by atomic mass is 10.1. The number of aryl methyl sites for hydroxylation is 1. The Morgan fingerprint density at radius 3 is 2.91 bits per heavy atom. The summed E-state index contributed by atoms with van der Waals surface area (Å²) in [6, 6.07) is 1.96. The fourth-order valence-electron chi connectivity index (χ4n) is 2.61. The largest absolute Gasteiger partial charge is 0.379 e. The average molecular weight is 356 g/mol. The molecule has 1 fully saturated rings. The van der Waals surface area contributed by atoms with Crippen LogP contribution in [-0.2, 0) is 14.8 Å². The van der Waals surface area contributed by atoms with Gasteiger partial charge in [0.2, 0.25) is 10.0 Å². The van der Waals surface area contributed by atoms with Crippen molar-refractivity contribution in [1.82, 2.24) is 14.3 Å². The molecule has 0 amide bonds. The topological polar surface area (TPSA) is 84.4 Å². The molecule has 1 saturated heterocycles. The minimum absolute atomic E-state index is 0.0640. The van der Waals surface area contributed by atoms with Gasteiger partial charge in [0.05, 0.1) is 30.4 Å². The van der Waals surface area contributed by atoms with Crippen LogP contribution in [0.5, 0.6) is 0 Å². The fraction of sp³-hybridized carbons (Fsp3) is 0.571. The Labute approximate surface area is 139 Å². The molecule has 1 N–H and O–H groups in total. The SMILES string of the molecule is Cc1cc2c(NC3COCC3CS(=O)(=O)N(C)C)ncnc2s1. The molecular formula is C14H20N4O3S2. The van der Waals surface area contributed by atoms with E-state index in [1.807, 2.05) is 13.0 Å². The Hall–Kier alpha value is -1.29. The van der Waals surface area contributed by atoms with E-state index in [-0.39, 0.29) is 17.7 Å². The predicted molar refractivity (Wildman–Crippen MR) is 91.3 cm³/mol. The highest BCUT2D eigenvalue weighted by Gasteiger charge is 2.33. The van der Waals surface area contributed by atoms with Crippen molar-refractivity contribution in [2.75, 3.05) is 38.4 Å². The van der Waals surface area contributed by atoms with Gasteiger partial charge in [-0.1, -0.05) is 0 Å². The molecule has 0 aromatic carbocycles. The lowest BCUT2D eigenvalue weighted by Crippen LogP contribution is -2.37. The first-order valence-corrected chi connectivity index (χ1v) is 9.75. The maximum absolute atomic E-state index is 12.1. The molecule has 9 heteroatoms.